The van der Waals surface area contributed by atoms with Gasteiger partial charge in [-0.05, 0) is 30.2 Å². The third-order valence-corrected chi connectivity index (χ3v) is 3.68. The van der Waals surface area contributed by atoms with Gasteiger partial charge in [0.1, 0.15) is 12.1 Å². The van der Waals surface area contributed by atoms with E-state index in [0.717, 1.165) is 16.8 Å². The first kappa shape index (κ1) is 13.9. The van der Waals surface area contributed by atoms with Crippen molar-refractivity contribution in [3.05, 3.63) is 53.2 Å². The van der Waals surface area contributed by atoms with E-state index in [1.54, 1.807) is 19.2 Å². The normalized spacial score (nSPS) is 12.2. The zero-order chi connectivity index (χ0) is 13.8. The Kier molecular flexibility index (Phi) is 4.47. The second-order valence-corrected chi connectivity index (χ2v) is 5.33. The van der Waals surface area contributed by atoms with Crippen LogP contribution in [0.3, 0.4) is 0 Å². The first-order valence-electron chi connectivity index (χ1n) is 5.85. The highest BCUT2D eigenvalue weighted by atomic mass is 79.9. The van der Waals surface area contributed by atoms with Crippen molar-refractivity contribution in [1.82, 2.24) is 9.97 Å². The van der Waals surface area contributed by atoms with Gasteiger partial charge in [-0.1, -0.05) is 22.0 Å². The van der Waals surface area contributed by atoms with Crippen LogP contribution in [0.2, 0.25) is 0 Å². The van der Waals surface area contributed by atoms with E-state index >= 15 is 0 Å². The number of alkyl halides is 1. The quantitative estimate of drug-likeness (QED) is 0.806. The molecule has 2 aromatic rings. The highest BCUT2D eigenvalue weighted by molar-refractivity contribution is 9.09. The molecule has 1 atom stereocenters. The number of ether oxygens (including phenoxy) is 1. The summed E-state index contributed by atoms with van der Waals surface area (Å²) < 4.78 is 18.1. The van der Waals surface area contributed by atoms with Gasteiger partial charge >= 0.3 is 0 Å². The molecule has 0 saturated carbocycles. The predicted octanol–water partition coefficient (Wildman–Crippen LogP) is 3.61. The van der Waals surface area contributed by atoms with Crippen molar-refractivity contribution in [2.75, 3.05) is 7.11 Å². The van der Waals surface area contributed by atoms with Gasteiger partial charge in [0.05, 0.1) is 7.11 Å². The molecule has 0 aliphatic heterocycles. The second-order valence-electron chi connectivity index (χ2n) is 4.22. The van der Waals surface area contributed by atoms with Gasteiger partial charge in [-0.3, -0.25) is 0 Å². The van der Waals surface area contributed by atoms with Crippen LogP contribution in [0.4, 0.5) is 4.39 Å². The van der Waals surface area contributed by atoms with Crippen molar-refractivity contribution in [1.29, 1.82) is 0 Å². The third kappa shape index (κ3) is 3.50. The van der Waals surface area contributed by atoms with Gasteiger partial charge in [0, 0.05) is 23.0 Å². The number of aromatic nitrogens is 2. The Bertz CT molecular complexity index is 577. The summed E-state index contributed by atoms with van der Waals surface area (Å²) in [5.41, 5.74) is 2.85. The lowest BCUT2D eigenvalue weighted by Crippen LogP contribution is -2.01. The molecule has 3 nitrogen and oxygen atoms in total. The number of halogens is 2. The number of hydrogen-bond donors (Lipinski definition) is 0. The zero-order valence-electron chi connectivity index (χ0n) is 10.7. The van der Waals surface area contributed by atoms with Gasteiger partial charge < -0.3 is 4.74 Å². The Morgan fingerprint density at radius 2 is 2.11 bits per heavy atom. The van der Waals surface area contributed by atoms with Crippen molar-refractivity contribution >= 4 is 15.9 Å². The minimum Gasteiger partial charge on any atom is -0.481 e. The van der Waals surface area contributed by atoms with Crippen molar-refractivity contribution < 1.29 is 9.13 Å². The summed E-state index contributed by atoms with van der Waals surface area (Å²) in [6.07, 6.45) is 2.16. The number of benzene rings is 1. The Hall–Kier alpha value is -1.49. The van der Waals surface area contributed by atoms with Crippen molar-refractivity contribution in [3.63, 3.8) is 0 Å². The molecule has 5 heteroatoms. The molecule has 1 aromatic heterocycles. The lowest BCUT2D eigenvalue weighted by atomic mass is 10.0. The van der Waals surface area contributed by atoms with Crippen molar-refractivity contribution in [2.45, 2.75) is 18.2 Å². The van der Waals surface area contributed by atoms with E-state index in [1.807, 2.05) is 6.92 Å². The van der Waals surface area contributed by atoms with Gasteiger partial charge in [0.25, 0.3) is 0 Å². The van der Waals surface area contributed by atoms with Crippen molar-refractivity contribution in [2.24, 2.45) is 0 Å². The first-order chi connectivity index (χ1) is 9.10. The molecular formula is C14H14BrFN2O. The van der Waals surface area contributed by atoms with Crippen LogP contribution in [0.1, 0.15) is 21.6 Å². The average Bonchev–Trinajstić information content (AvgIpc) is 2.38. The molecule has 0 spiro atoms. The van der Waals surface area contributed by atoms with Crippen LogP contribution in [0, 0.1) is 12.7 Å². The zero-order valence-corrected chi connectivity index (χ0v) is 12.3. The van der Waals surface area contributed by atoms with E-state index in [4.69, 9.17) is 4.74 Å². The summed E-state index contributed by atoms with van der Waals surface area (Å²) in [5.74, 6) is 0.324. The minimum absolute atomic E-state index is 0.0766. The fourth-order valence-corrected chi connectivity index (χ4v) is 2.73. The first-order valence-corrected chi connectivity index (χ1v) is 6.76. The summed E-state index contributed by atoms with van der Waals surface area (Å²) in [7, 11) is 1.57. The monoisotopic (exact) mass is 324 g/mol. The largest absolute Gasteiger partial charge is 0.481 e. The molecule has 1 aromatic carbocycles. The van der Waals surface area contributed by atoms with E-state index < -0.39 is 0 Å². The van der Waals surface area contributed by atoms with Gasteiger partial charge in [-0.25, -0.2) is 14.4 Å². The topological polar surface area (TPSA) is 35.0 Å². The molecule has 0 radical (unpaired) electrons. The van der Waals surface area contributed by atoms with Crippen LogP contribution < -0.4 is 4.74 Å². The molecule has 19 heavy (non-hydrogen) atoms. The molecule has 0 fully saturated rings. The fourth-order valence-electron chi connectivity index (χ4n) is 1.88. The van der Waals surface area contributed by atoms with Crippen LogP contribution in [0.5, 0.6) is 5.88 Å². The number of nitrogens with zero attached hydrogens (tertiary/aromatic N) is 2. The van der Waals surface area contributed by atoms with E-state index in [9.17, 15) is 4.39 Å². The SMILES string of the molecule is COc1cc(CC(Br)c2ccc(F)cc2C)ncn1. The molecule has 0 N–H and O–H groups in total. The Labute approximate surface area is 120 Å². The minimum atomic E-state index is -0.218. The molecule has 100 valence electrons. The highest BCUT2D eigenvalue weighted by Gasteiger charge is 2.13. The van der Waals surface area contributed by atoms with Gasteiger partial charge in [0.15, 0.2) is 0 Å². The number of methoxy groups -OCH3 is 1. The Morgan fingerprint density at radius 3 is 2.79 bits per heavy atom. The van der Waals surface area contributed by atoms with Crippen LogP contribution >= 0.6 is 15.9 Å². The lowest BCUT2D eigenvalue weighted by molar-refractivity contribution is 0.396. The maximum absolute atomic E-state index is 13.1. The maximum Gasteiger partial charge on any atom is 0.216 e. The molecule has 0 bridgehead atoms. The standard InChI is InChI=1S/C14H14BrFN2O/c1-9-5-10(16)3-4-12(9)13(15)6-11-7-14(19-2)18-8-17-11/h3-5,7-8,13H,6H2,1-2H3. The second kappa shape index (κ2) is 6.10. The van der Waals surface area contributed by atoms with E-state index in [1.165, 1.54) is 18.5 Å². The highest BCUT2D eigenvalue weighted by Crippen LogP contribution is 2.29. The molecular weight excluding hydrogens is 311 g/mol. The summed E-state index contributed by atoms with van der Waals surface area (Å²) in [6.45, 7) is 1.90. The van der Waals surface area contributed by atoms with E-state index in [0.29, 0.717) is 12.3 Å². The maximum atomic E-state index is 13.1. The predicted molar refractivity (Wildman–Crippen MR) is 75.1 cm³/mol. The smallest absolute Gasteiger partial charge is 0.216 e. The molecule has 0 saturated heterocycles. The van der Waals surface area contributed by atoms with E-state index in [-0.39, 0.29) is 10.6 Å². The number of aryl methyl sites for hydroxylation is 1. The van der Waals surface area contributed by atoms with Gasteiger partial charge in [0.2, 0.25) is 5.88 Å². The summed E-state index contributed by atoms with van der Waals surface area (Å²) in [4.78, 5) is 8.25. The molecule has 0 aliphatic rings. The molecule has 0 aliphatic carbocycles. The van der Waals surface area contributed by atoms with E-state index in [2.05, 4.69) is 25.9 Å². The third-order valence-electron chi connectivity index (χ3n) is 2.87. The van der Waals surface area contributed by atoms with Crippen LogP contribution in [-0.4, -0.2) is 17.1 Å². The van der Waals surface area contributed by atoms with Crippen LogP contribution in [0.15, 0.2) is 30.6 Å². The molecule has 2 rings (SSSR count). The average molecular weight is 325 g/mol. The van der Waals surface area contributed by atoms with Gasteiger partial charge in [-0.15, -0.1) is 0 Å². The summed E-state index contributed by atoms with van der Waals surface area (Å²) in [5, 5.41) is 0. The lowest BCUT2D eigenvalue weighted by Gasteiger charge is -2.13. The molecule has 1 unspecified atom stereocenters. The van der Waals surface area contributed by atoms with Crippen molar-refractivity contribution in [3.8, 4) is 5.88 Å². The number of hydrogen-bond acceptors (Lipinski definition) is 3. The fraction of sp³-hybridized carbons (Fsp3) is 0.286. The molecule has 1 heterocycles. The Morgan fingerprint density at radius 1 is 1.32 bits per heavy atom. The number of rotatable bonds is 4. The van der Waals surface area contributed by atoms with Crippen LogP contribution in [-0.2, 0) is 6.42 Å². The summed E-state index contributed by atoms with van der Waals surface area (Å²) in [6, 6.07) is 6.59. The van der Waals surface area contributed by atoms with Gasteiger partial charge in [-0.2, -0.15) is 0 Å². The molecule has 0 amide bonds. The van der Waals surface area contributed by atoms with Crippen LogP contribution in [0.25, 0.3) is 0 Å². The summed E-state index contributed by atoms with van der Waals surface area (Å²) >= 11 is 3.62. The Balaban J connectivity index is 2.17.